The van der Waals surface area contributed by atoms with E-state index in [-0.39, 0.29) is 27.9 Å². The van der Waals surface area contributed by atoms with E-state index in [1.54, 1.807) is 13.0 Å². The van der Waals surface area contributed by atoms with Crippen molar-refractivity contribution in [2.24, 2.45) is 4.40 Å². The van der Waals surface area contributed by atoms with Crippen LogP contribution in [0.4, 0.5) is 10.1 Å². The third-order valence-corrected chi connectivity index (χ3v) is 8.27. The molecular weight excluding hydrogens is 461 g/mol. The minimum atomic E-state index is -4.09. The van der Waals surface area contributed by atoms with Gasteiger partial charge in [0.2, 0.25) is 0 Å². The highest BCUT2D eigenvalue weighted by Crippen LogP contribution is 2.46. The number of halogens is 1. The van der Waals surface area contributed by atoms with Crippen LogP contribution in [-0.4, -0.2) is 38.0 Å². The highest BCUT2D eigenvalue weighted by atomic mass is 32.2. The van der Waals surface area contributed by atoms with E-state index in [1.165, 1.54) is 10.5 Å². The monoisotopic (exact) mass is 485 g/mol. The van der Waals surface area contributed by atoms with Crippen molar-refractivity contribution in [1.29, 1.82) is 0 Å². The van der Waals surface area contributed by atoms with E-state index in [1.807, 2.05) is 25.3 Å². The Bertz CT molecular complexity index is 1310. The number of allylic oxidation sites excluding steroid dienone is 3. The molecule has 0 spiro atoms. The van der Waals surface area contributed by atoms with Gasteiger partial charge in [0, 0.05) is 30.4 Å². The number of likely N-dealkylation sites (N-methyl/N-ethyl adjacent to an activating group) is 2. The molecule has 1 fully saturated rings. The predicted molar refractivity (Wildman–Crippen MR) is 130 cm³/mol. The van der Waals surface area contributed by atoms with Crippen molar-refractivity contribution in [2.45, 2.75) is 31.1 Å². The molecule has 0 unspecified atom stereocenters. The molecule has 0 N–H and O–H groups in total. The van der Waals surface area contributed by atoms with Gasteiger partial charge in [-0.05, 0) is 66.7 Å². The summed E-state index contributed by atoms with van der Waals surface area (Å²) in [5.41, 5.74) is 3.09. The average molecular weight is 486 g/mol. The number of fused-ring (bicyclic) bond motifs is 1. The van der Waals surface area contributed by atoms with Crippen molar-refractivity contribution in [3.63, 3.8) is 0 Å². The van der Waals surface area contributed by atoms with E-state index in [0.717, 1.165) is 47.4 Å². The zero-order valence-corrected chi connectivity index (χ0v) is 20.4. The van der Waals surface area contributed by atoms with Gasteiger partial charge in [-0.15, -0.1) is 4.40 Å². The Kier molecular flexibility index (Phi) is 5.96. The number of thioether (sulfide) groups is 1. The molecule has 33 heavy (non-hydrogen) atoms. The topological polar surface area (TPSA) is 70.1 Å². The van der Waals surface area contributed by atoms with E-state index >= 15 is 0 Å². The first-order chi connectivity index (χ1) is 15.6. The Labute approximate surface area is 197 Å². The van der Waals surface area contributed by atoms with E-state index < -0.39 is 15.8 Å². The SMILES string of the molecule is CCN1C(=O)/C(=C/C=C2/N(C)c3ccccc3C2(C)C)S/C1=N/S(=O)(=O)c1ccc(F)cc1. The molecule has 0 aromatic heterocycles. The van der Waals surface area contributed by atoms with Crippen LogP contribution in [0.15, 0.2) is 80.6 Å². The fourth-order valence-electron chi connectivity index (χ4n) is 4.09. The molecule has 2 aromatic carbocycles. The summed E-state index contributed by atoms with van der Waals surface area (Å²) in [7, 11) is -2.10. The normalized spacial score (nSPS) is 21.5. The Morgan fingerprint density at radius 1 is 1.09 bits per heavy atom. The number of hydrogen-bond acceptors (Lipinski definition) is 5. The number of benzene rings is 2. The molecule has 0 aliphatic carbocycles. The zero-order valence-electron chi connectivity index (χ0n) is 18.7. The summed E-state index contributed by atoms with van der Waals surface area (Å²) in [5, 5.41) is 0.0822. The van der Waals surface area contributed by atoms with Crippen molar-refractivity contribution in [1.82, 2.24) is 4.90 Å². The first-order valence-corrected chi connectivity index (χ1v) is 12.7. The molecule has 1 amide bonds. The second-order valence-corrected chi connectivity index (χ2v) is 10.9. The Morgan fingerprint density at radius 2 is 1.76 bits per heavy atom. The van der Waals surface area contributed by atoms with Gasteiger partial charge in [0.1, 0.15) is 5.82 Å². The van der Waals surface area contributed by atoms with E-state index in [0.29, 0.717) is 4.91 Å². The third kappa shape index (κ3) is 4.11. The second-order valence-electron chi connectivity index (χ2n) is 8.24. The van der Waals surface area contributed by atoms with E-state index in [4.69, 9.17) is 0 Å². The van der Waals surface area contributed by atoms with Crippen LogP contribution >= 0.6 is 11.8 Å². The first-order valence-electron chi connectivity index (χ1n) is 10.4. The Hall–Kier alpha value is -2.91. The van der Waals surface area contributed by atoms with Gasteiger partial charge in [0.25, 0.3) is 15.9 Å². The summed E-state index contributed by atoms with van der Waals surface area (Å²) in [6.45, 7) is 6.28. The van der Waals surface area contributed by atoms with Crippen molar-refractivity contribution in [2.75, 3.05) is 18.5 Å². The quantitative estimate of drug-likeness (QED) is 0.589. The number of hydrogen-bond donors (Lipinski definition) is 0. The highest BCUT2D eigenvalue weighted by Gasteiger charge is 2.38. The van der Waals surface area contributed by atoms with Crippen LogP contribution in [0, 0.1) is 5.82 Å². The standard InChI is InChI=1S/C24H24FN3O3S2/c1-5-28-22(29)20(32-23(28)26-33(30,31)17-12-10-16(25)11-13-17)14-15-21-24(2,3)18-8-6-7-9-19(18)27(21)4/h6-15H,5H2,1-4H3/b20-14-,21-15+,26-23+. The lowest BCUT2D eigenvalue weighted by molar-refractivity contribution is -0.122. The molecule has 2 heterocycles. The lowest BCUT2D eigenvalue weighted by Crippen LogP contribution is -2.29. The summed E-state index contributed by atoms with van der Waals surface area (Å²) >= 11 is 1.02. The van der Waals surface area contributed by atoms with Crippen LogP contribution in [0.3, 0.4) is 0 Å². The van der Waals surface area contributed by atoms with Gasteiger partial charge in [-0.25, -0.2) is 4.39 Å². The minimum absolute atomic E-state index is 0.0822. The van der Waals surface area contributed by atoms with Crippen molar-refractivity contribution >= 4 is 38.5 Å². The minimum Gasteiger partial charge on any atom is -0.347 e. The summed E-state index contributed by atoms with van der Waals surface area (Å²) < 4.78 is 42.4. The first kappa shape index (κ1) is 23.3. The van der Waals surface area contributed by atoms with Crippen LogP contribution in [-0.2, 0) is 20.2 Å². The molecule has 0 bridgehead atoms. The molecule has 2 aliphatic heterocycles. The molecule has 6 nitrogen and oxygen atoms in total. The van der Waals surface area contributed by atoms with Gasteiger partial charge in [-0.2, -0.15) is 8.42 Å². The number of amides is 1. The summed E-state index contributed by atoms with van der Waals surface area (Å²) in [6, 6.07) is 12.6. The van der Waals surface area contributed by atoms with Gasteiger partial charge in [-0.1, -0.05) is 32.0 Å². The van der Waals surface area contributed by atoms with E-state index in [9.17, 15) is 17.6 Å². The second kappa shape index (κ2) is 8.46. The lowest BCUT2D eigenvalue weighted by atomic mass is 9.84. The lowest BCUT2D eigenvalue weighted by Gasteiger charge is -2.23. The van der Waals surface area contributed by atoms with Crippen LogP contribution < -0.4 is 4.90 Å². The number of sulfonamides is 1. The van der Waals surface area contributed by atoms with Crippen LogP contribution in [0.1, 0.15) is 26.3 Å². The maximum atomic E-state index is 13.2. The highest BCUT2D eigenvalue weighted by molar-refractivity contribution is 8.19. The number of anilines is 1. The zero-order chi connectivity index (χ0) is 24.0. The molecular formula is C24H24FN3O3S2. The van der Waals surface area contributed by atoms with E-state index in [2.05, 4.69) is 35.3 Å². The molecule has 0 saturated carbocycles. The average Bonchev–Trinajstić information content (AvgIpc) is 3.16. The maximum Gasteiger partial charge on any atom is 0.284 e. The number of amidine groups is 1. The fraction of sp³-hybridized carbons (Fsp3) is 0.250. The predicted octanol–water partition coefficient (Wildman–Crippen LogP) is 4.66. The van der Waals surface area contributed by atoms with Crippen LogP contribution in [0.25, 0.3) is 0 Å². The fourth-order valence-corrected chi connectivity index (χ4v) is 6.27. The summed E-state index contributed by atoms with van der Waals surface area (Å²) in [5.74, 6) is -0.842. The van der Waals surface area contributed by atoms with Gasteiger partial charge in [0.15, 0.2) is 5.17 Å². The van der Waals surface area contributed by atoms with Crippen LogP contribution in [0.2, 0.25) is 0 Å². The van der Waals surface area contributed by atoms with Gasteiger partial charge in [-0.3, -0.25) is 9.69 Å². The molecule has 4 rings (SSSR count). The molecule has 2 aliphatic rings. The Balaban J connectivity index is 1.68. The Morgan fingerprint density at radius 3 is 2.39 bits per heavy atom. The number of nitrogens with zero attached hydrogens (tertiary/aromatic N) is 3. The third-order valence-electron chi connectivity index (χ3n) is 5.85. The van der Waals surface area contributed by atoms with Crippen molar-refractivity contribution in [3.8, 4) is 0 Å². The smallest absolute Gasteiger partial charge is 0.284 e. The molecule has 172 valence electrons. The summed E-state index contributed by atoms with van der Waals surface area (Å²) in [4.78, 5) is 16.6. The number of carbonyl (C=O) groups is 1. The van der Waals surface area contributed by atoms with Gasteiger partial charge >= 0.3 is 0 Å². The summed E-state index contributed by atoms with van der Waals surface area (Å²) in [6.07, 6.45) is 3.63. The van der Waals surface area contributed by atoms with Gasteiger partial charge < -0.3 is 4.90 Å². The van der Waals surface area contributed by atoms with Crippen molar-refractivity contribution < 1.29 is 17.6 Å². The maximum absolute atomic E-state index is 13.2. The number of para-hydroxylation sites is 1. The number of carbonyl (C=O) groups excluding carboxylic acids is 1. The van der Waals surface area contributed by atoms with Gasteiger partial charge in [0.05, 0.1) is 9.80 Å². The van der Waals surface area contributed by atoms with Crippen LogP contribution in [0.5, 0.6) is 0 Å². The largest absolute Gasteiger partial charge is 0.347 e. The molecule has 2 aromatic rings. The molecule has 0 atom stereocenters. The van der Waals surface area contributed by atoms with Crippen molar-refractivity contribution in [3.05, 3.63) is 82.7 Å². The molecule has 1 saturated heterocycles. The molecule has 0 radical (unpaired) electrons. The number of rotatable bonds is 4. The molecule has 9 heteroatoms.